The lowest BCUT2D eigenvalue weighted by atomic mass is 10.00. The van der Waals surface area contributed by atoms with Gasteiger partial charge in [-0.3, -0.25) is 4.74 Å². The summed E-state index contributed by atoms with van der Waals surface area (Å²) in [6.45, 7) is 0.298. The van der Waals surface area contributed by atoms with Crippen LogP contribution < -0.4 is 4.74 Å². The van der Waals surface area contributed by atoms with Crippen molar-refractivity contribution >= 4 is 0 Å². The van der Waals surface area contributed by atoms with E-state index in [1.54, 1.807) is 18.2 Å². The van der Waals surface area contributed by atoms with Gasteiger partial charge >= 0.3 is 6.36 Å². The van der Waals surface area contributed by atoms with Crippen LogP contribution >= 0.6 is 0 Å². The Labute approximate surface area is 160 Å². The number of hydrogen-bond donors (Lipinski definition) is 0. The van der Waals surface area contributed by atoms with Gasteiger partial charge in [0.25, 0.3) is 0 Å². The molecule has 0 heterocycles. The summed E-state index contributed by atoms with van der Waals surface area (Å²) in [5, 5.41) is 8.88. The van der Waals surface area contributed by atoms with Gasteiger partial charge in [-0.2, -0.15) is 5.26 Å². The zero-order chi connectivity index (χ0) is 20.0. The van der Waals surface area contributed by atoms with Gasteiger partial charge < -0.3 is 4.74 Å². The molecular formula is C22H16F3NO2. The highest BCUT2D eigenvalue weighted by Crippen LogP contribution is 2.34. The fraction of sp³-hybridized carbons (Fsp3) is 0.136. The molecule has 0 fully saturated rings. The lowest BCUT2D eigenvalue weighted by Gasteiger charge is -2.21. The molecule has 1 atom stereocenters. The minimum absolute atomic E-state index is 0.288. The molecule has 3 aromatic carbocycles. The summed E-state index contributed by atoms with van der Waals surface area (Å²) in [5.74, 6) is 0.436. The molecule has 0 N–H and O–H groups in total. The number of halogens is 3. The standard InChI is InChI=1S/C22H16F3NO2/c23-22(24,25)28-21(18-11-9-16(14-26)10-12-18)19-7-4-8-20(13-19)27-15-17-5-2-1-3-6-17/h1-13,21H,15H2/t21-/m0/s1. The van der Waals surface area contributed by atoms with Crippen LogP contribution in [0.25, 0.3) is 0 Å². The topological polar surface area (TPSA) is 42.2 Å². The molecular weight excluding hydrogens is 367 g/mol. The Morgan fingerprint density at radius 3 is 2.21 bits per heavy atom. The number of ether oxygens (including phenoxy) is 2. The number of alkyl halides is 3. The van der Waals surface area contributed by atoms with E-state index in [0.29, 0.717) is 23.5 Å². The molecule has 0 saturated carbocycles. The van der Waals surface area contributed by atoms with E-state index in [4.69, 9.17) is 10.00 Å². The number of nitriles is 1. The molecule has 0 amide bonds. The first-order valence-electron chi connectivity index (χ1n) is 8.46. The van der Waals surface area contributed by atoms with Crippen molar-refractivity contribution in [1.29, 1.82) is 5.26 Å². The molecule has 142 valence electrons. The maximum absolute atomic E-state index is 13.0. The molecule has 0 aliphatic rings. The van der Waals surface area contributed by atoms with E-state index in [1.807, 2.05) is 36.4 Å². The molecule has 3 nitrogen and oxygen atoms in total. The van der Waals surface area contributed by atoms with E-state index in [-0.39, 0.29) is 5.56 Å². The van der Waals surface area contributed by atoms with E-state index < -0.39 is 12.5 Å². The predicted octanol–water partition coefficient (Wildman–Crippen LogP) is 5.76. The molecule has 0 bridgehead atoms. The molecule has 3 aromatic rings. The molecule has 0 aliphatic heterocycles. The summed E-state index contributed by atoms with van der Waals surface area (Å²) in [6, 6.07) is 23.6. The number of nitrogens with zero attached hydrogens (tertiary/aromatic N) is 1. The van der Waals surface area contributed by atoms with Crippen LogP contribution in [0.5, 0.6) is 5.75 Å². The minimum atomic E-state index is -4.82. The van der Waals surface area contributed by atoms with Crippen LogP contribution in [0.15, 0.2) is 78.9 Å². The molecule has 0 aromatic heterocycles. The van der Waals surface area contributed by atoms with Crippen molar-refractivity contribution in [3.8, 4) is 11.8 Å². The highest BCUT2D eigenvalue weighted by molar-refractivity contribution is 5.39. The maximum atomic E-state index is 13.0. The van der Waals surface area contributed by atoms with Crippen LogP contribution in [-0.2, 0) is 11.3 Å². The third-order valence-electron chi connectivity index (χ3n) is 4.00. The Morgan fingerprint density at radius 2 is 1.57 bits per heavy atom. The molecule has 0 spiro atoms. The van der Waals surface area contributed by atoms with Crippen molar-refractivity contribution in [3.05, 3.63) is 101 Å². The van der Waals surface area contributed by atoms with Crippen molar-refractivity contribution in [3.63, 3.8) is 0 Å². The molecule has 28 heavy (non-hydrogen) atoms. The quantitative estimate of drug-likeness (QED) is 0.543. The zero-order valence-electron chi connectivity index (χ0n) is 14.7. The van der Waals surface area contributed by atoms with Gasteiger partial charge in [0.05, 0.1) is 11.6 Å². The molecule has 3 rings (SSSR count). The molecule has 6 heteroatoms. The highest BCUT2D eigenvalue weighted by atomic mass is 19.4. The van der Waals surface area contributed by atoms with Crippen LogP contribution in [0, 0.1) is 11.3 Å². The fourth-order valence-electron chi connectivity index (χ4n) is 2.70. The van der Waals surface area contributed by atoms with Crippen LogP contribution in [-0.4, -0.2) is 6.36 Å². The zero-order valence-corrected chi connectivity index (χ0v) is 14.7. The van der Waals surface area contributed by atoms with Gasteiger partial charge in [0.1, 0.15) is 18.5 Å². The monoisotopic (exact) mass is 383 g/mol. The lowest BCUT2D eigenvalue weighted by Crippen LogP contribution is -2.19. The summed E-state index contributed by atoms with van der Waals surface area (Å²) in [5.41, 5.74) is 1.89. The van der Waals surface area contributed by atoms with Gasteiger partial charge in [-0.25, -0.2) is 0 Å². The summed E-state index contributed by atoms with van der Waals surface area (Å²) < 4.78 is 49.0. The van der Waals surface area contributed by atoms with E-state index in [2.05, 4.69) is 4.74 Å². The van der Waals surface area contributed by atoms with Gasteiger partial charge in [0, 0.05) is 0 Å². The molecule has 0 aliphatic carbocycles. The maximum Gasteiger partial charge on any atom is 0.523 e. The summed E-state index contributed by atoms with van der Waals surface area (Å²) in [7, 11) is 0. The third-order valence-corrected chi connectivity index (χ3v) is 4.00. The summed E-state index contributed by atoms with van der Waals surface area (Å²) in [4.78, 5) is 0. The average Bonchev–Trinajstić information content (AvgIpc) is 2.71. The minimum Gasteiger partial charge on any atom is -0.489 e. The van der Waals surface area contributed by atoms with E-state index >= 15 is 0 Å². The molecule has 0 radical (unpaired) electrons. The Balaban J connectivity index is 1.85. The highest BCUT2D eigenvalue weighted by Gasteiger charge is 2.35. The van der Waals surface area contributed by atoms with Crippen LogP contribution in [0.2, 0.25) is 0 Å². The van der Waals surface area contributed by atoms with Gasteiger partial charge in [0.2, 0.25) is 0 Å². The Hall–Kier alpha value is -3.30. The van der Waals surface area contributed by atoms with E-state index in [0.717, 1.165) is 5.56 Å². The lowest BCUT2D eigenvalue weighted by molar-refractivity contribution is -0.339. The van der Waals surface area contributed by atoms with Gasteiger partial charge in [0.15, 0.2) is 0 Å². The van der Waals surface area contributed by atoms with Crippen molar-refractivity contribution in [2.45, 2.75) is 19.1 Å². The second-order valence-electron chi connectivity index (χ2n) is 6.02. The van der Waals surface area contributed by atoms with Crippen molar-refractivity contribution < 1.29 is 22.6 Å². The van der Waals surface area contributed by atoms with Gasteiger partial charge in [-0.1, -0.05) is 54.6 Å². The van der Waals surface area contributed by atoms with Crippen molar-refractivity contribution in [2.75, 3.05) is 0 Å². The first-order valence-corrected chi connectivity index (χ1v) is 8.46. The Morgan fingerprint density at radius 1 is 0.857 bits per heavy atom. The number of benzene rings is 3. The van der Waals surface area contributed by atoms with Crippen LogP contribution in [0.3, 0.4) is 0 Å². The Kier molecular flexibility index (Phi) is 5.97. The van der Waals surface area contributed by atoms with Crippen molar-refractivity contribution in [2.24, 2.45) is 0 Å². The van der Waals surface area contributed by atoms with Crippen LogP contribution in [0.1, 0.15) is 28.4 Å². The normalized spacial score (nSPS) is 12.2. The Bertz CT molecular complexity index is 948. The number of rotatable bonds is 6. The first kappa shape index (κ1) is 19.5. The summed E-state index contributed by atoms with van der Waals surface area (Å²) >= 11 is 0. The smallest absolute Gasteiger partial charge is 0.489 e. The van der Waals surface area contributed by atoms with Crippen molar-refractivity contribution in [1.82, 2.24) is 0 Å². The SMILES string of the molecule is N#Cc1ccc([C@H](OC(F)(F)F)c2cccc(OCc3ccccc3)c2)cc1. The summed E-state index contributed by atoms with van der Waals surface area (Å²) in [6.07, 6.45) is -6.19. The van der Waals surface area contributed by atoms with Gasteiger partial charge in [-0.15, -0.1) is 13.2 Å². The third kappa shape index (κ3) is 5.35. The second kappa shape index (κ2) is 8.59. The second-order valence-corrected chi connectivity index (χ2v) is 6.02. The van der Waals surface area contributed by atoms with E-state index in [9.17, 15) is 13.2 Å². The van der Waals surface area contributed by atoms with Gasteiger partial charge in [-0.05, 0) is 41.0 Å². The predicted molar refractivity (Wildman–Crippen MR) is 97.4 cm³/mol. The molecule has 0 saturated heterocycles. The molecule has 0 unspecified atom stereocenters. The average molecular weight is 383 g/mol. The van der Waals surface area contributed by atoms with Crippen LogP contribution in [0.4, 0.5) is 13.2 Å². The van der Waals surface area contributed by atoms with E-state index in [1.165, 1.54) is 30.3 Å². The largest absolute Gasteiger partial charge is 0.523 e. The first-order chi connectivity index (χ1) is 13.4. The number of hydrogen-bond acceptors (Lipinski definition) is 3. The fourth-order valence-corrected chi connectivity index (χ4v) is 2.70.